The maximum Gasteiger partial charge on any atom is -0.109 e. The van der Waals surface area contributed by atoms with E-state index in [-0.39, 0.29) is 35.6 Å². The van der Waals surface area contributed by atoms with Gasteiger partial charge in [0.2, 0.25) is 0 Å². The average molecular weight is 905 g/mol. The number of halogens is 5. The molecule has 2 aliphatic rings. The van der Waals surface area contributed by atoms with Crippen molar-refractivity contribution < 1.29 is 62.2 Å². The molecule has 0 aliphatic heterocycles. The smallest absolute Gasteiger partial charge is 0.109 e. The summed E-state index contributed by atoms with van der Waals surface area (Å²) in [4.78, 5) is 0. The fourth-order valence-corrected chi connectivity index (χ4v) is 7.97. The minimum absolute atomic E-state index is 0. The van der Waals surface area contributed by atoms with Crippen molar-refractivity contribution >= 4 is 3.21 Å². The molecule has 59 heavy (non-hydrogen) atoms. The molecule has 0 fully saturated rings. The van der Waals surface area contributed by atoms with Gasteiger partial charge in [0.05, 0.1) is 0 Å². The predicted octanol–water partition coefficient (Wildman–Crippen LogP) is 8.43. The molecule has 0 aromatic heterocycles. The molecule has 6 aromatic rings. The van der Waals surface area contributed by atoms with Gasteiger partial charge in [-0.1, -0.05) is 131 Å². The fraction of sp³-hybridized carbons (Fsp3) is 0.226. The zero-order chi connectivity index (χ0) is 41.0. The van der Waals surface area contributed by atoms with Crippen molar-refractivity contribution in [2.45, 2.75) is 78.3 Å². The zero-order valence-corrected chi connectivity index (χ0v) is 38.6. The van der Waals surface area contributed by atoms with E-state index in [1.54, 1.807) is 6.07 Å². The molecular formula is C53H49Cl2F3Zr-2. The Bertz CT molecular complexity index is 2300. The first kappa shape index (κ1) is 47.6. The van der Waals surface area contributed by atoms with Crippen molar-refractivity contribution in [1.29, 1.82) is 0 Å². The molecule has 0 nitrogen and oxygen atoms in total. The van der Waals surface area contributed by atoms with Crippen LogP contribution in [0.4, 0.5) is 13.2 Å². The number of aryl methyl sites for hydroxylation is 1. The van der Waals surface area contributed by atoms with Gasteiger partial charge < -0.3 is 24.8 Å². The van der Waals surface area contributed by atoms with Gasteiger partial charge in [0.25, 0.3) is 0 Å². The van der Waals surface area contributed by atoms with Gasteiger partial charge >= 0.3 is 124 Å². The van der Waals surface area contributed by atoms with Crippen molar-refractivity contribution in [2.24, 2.45) is 0 Å². The summed E-state index contributed by atoms with van der Waals surface area (Å²) in [6.07, 6.45) is 6.65. The Morgan fingerprint density at radius 1 is 0.610 bits per heavy atom. The third-order valence-electron chi connectivity index (χ3n) is 10.2. The Kier molecular flexibility index (Phi) is 16.1. The topological polar surface area (TPSA) is 0 Å². The molecule has 0 spiro atoms. The Hall–Kier alpha value is -4.08. The van der Waals surface area contributed by atoms with E-state index < -0.39 is 11.7 Å². The minimum Gasteiger partial charge on any atom is -1.00 e. The maximum absolute atomic E-state index is 12.7. The molecule has 302 valence electrons. The summed E-state index contributed by atoms with van der Waals surface area (Å²) in [5, 5.41) is 0. The van der Waals surface area contributed by atoms with E-state index >= 15 is 0 Å². The standard InChI is InChI=1S/C33H33.C15H11F3.C5H5.2ClH.Zr/c1-32(2,3)30-20-26-24(18-28(30)22-13-9-7-10-14-22)17-25-19-29(23-15-11-8-12-16-23)31(21-27(25)26)33(4,5)6;1-11-5-7-12(8-6-11)9-13-3-2-4-14(10-13)15(16,17)18;1-2-4-5-3-1;;;/h7-16,18,20-21H,17H2,1-6H3;2-8,10H,1H3;1-3H,4H2;2*1H;/q-1;;-1;;;+2/p-2. The quantitative estimate of drug-likeness (QED) is 0.156. The Labute approximate surface area is 376 Å². The molecule has 0 saturated heterocycles. The van der Waals surface area contributed by atoms with Crippen LogP contribution < -0.4 is 24.8 Å². The Morgan fingerprint density at radius 2 is 1.20 bits per heavy atom. The van der Waals surface area contributed by atoms with Crippen LogP contribution in [0.2, 0.25) is 0 Å². The van der Waals surface area contributed by atoms with Gasteiger partial charge in [0.15, 0.2) is 0 Å². The van der Waals surface area contributed by atoms with Crippen LogP contribution in [0.1, 0.15) is 92.5 Å². The van der Waals surface area contributed by atoms with Crippen LogP contribution in [0.3, 0.4) is 0 Å². The van der Waals surface area contributed by atoms with E-state index in [0.29, 0.717) is 5.56 Å². The maximum atomic E-state index is 12.7. The van der Waals surface area contributed by atoms with Crippen molar-refractivity contribution in [3.8, 4) is 33.4 Å². The van der Waals surface area contributed by atoms with Gasteiger partial charge in [0.1, 0.15) is 0 Å². The number of alkyl halides is 3. The largest absolute Gasteiger partial charge is 1.00 e. The van der Waals surface area contributed by atoms with E-state index in [1.165, 1.54) is 67.8 Å². The van der Waals surface area contributed by atoms with E-state index in [9.17, 15) is 13.2 Å². The van der Waals surface area contributed by atoms with E-state index in [0.717, 1.165) is 57.5 Å². The van der Waals surface area contributed by atoms with Crippen LogP contribution in [0.5, 0.6) is 0 Å². The summed E-state index contributed by atoms with van der Waals surface area (Å²) in [5.74, 6) is 0. The van der Waals surface area contributed by atoms with Crippen LogP contribution >= 0.6 is 0 Å². The zero-order valence-electron chi connectivity index (χ0n) is 34.7. The molecule has 0 saturated carbocycles. The molecule has 0 bridgehead atoms. The van der Waals surface area contributed by atoms with Gasteiger partial charge in [-0.05, 0) is 39.5 Å². The first-order valence-corrected chi connectivity index (χ1v) is 20.7. The molecule has 0 unspecified atom stereocenters. The molecule has 0 atom stereocenters. The summed E-state index contributed by atoms with van der Waals surface area (Å²) in [7, 11) is 0. The average Bonchev–Trinajstić information content (AvgIpc) is 3.89. The fourth-order valence-electron chi connectivity index (χ4n) is 7.18. The summed E-state index contributed by atoms with van der Waals surface area (Å²) in [6.45, 7) is 15.9. The summed E-state index contributed by atoms with van der Waals surface area (Å²) in [5.41, 5.74) is 15.6. The van der Waals surface area contributed by atoms with Crippen molar-refractivity contribution in [3.63, 3.8) is 0 Å². The van der Waals surface area contributed by atoms with Crippen LogP contribution in [0.15, 0.2) is 146 Å². The van der Waals surface area contributed by atoms with Crippen LogP contribution in [-0.2, 0) is 47.7 Å². The van der Waals surface area contributed by atoms with Gasteiger partial charge in [-0.2, -0.15) is 6.08 Å². The number of hydrogen-bond donors (Lipinski definition) is 0. The predicted molar refractivity (Wildman–Crippen MR) is 229 cm³/mol. The Balaban J connectivity index is 0.000000250. The molecule has 8 rings (SSSR count). The second-order valence-corrected chi connectivity index (χ2v) is 18.0. The summed E-state index contributed by atoms with van der Waals surface area (Å²) in [6, 6.07) is 46.1. The monoisotopic (exact) mass is 902 g/mol. The molecule has 6 aromatic carbocycles. The Morgan fingerprint density at radius 3 is 1.73 bits per heavy atom. The molecular weight excluding hydrogens is 856 g/mol. The SMILES string of the molecule is CC(C)(C)c1cc2c([c-]c1-c1ccccc1)Cc1cc(-c3ccccc3)c(C(C)(C)C)cc1-2.Cc1ccc([C](=[Zr+2])c2cccc(C(F)(F)F)c2)cc1.[C-]1=CC=CC1.[Cl-].[Cl-]. The minimum atomic E-state index is -4.29. The number of benzene rings is 6. The van der Waals surface area contributed by atoms with Gasteiger partial charge in [-0.15, -0.1) is 35.2 Å². The normalized spacial score (nSPS) is 12.5. The first-order chi connectivity index (χ1) is 27.0. The van der Waals surface area contributed by atoms with Crippen LogP contribution in [-0.4, -0.2) is 3.21 Å². The summed E-state index contributed by atoms with van der Waals surface area (Å²) >= 11 is 1.10. The molecule has 0 amide bonds. The van der Waals surface area contributed by atoms with Gasteiger partial charge in [0, 0.05) is 0 Å². The van der Waals surface area contributed by atoms with Crippen molar-refractivity contribution in [3.05, 3.63) is 202 Å². The second-order valence-electron chi connectivity index (χ2n) is 16.7. The van der Waals surface area contributed by atoms with Gasteiger partial charge in [-0.25, -0.2) is 12.2 Å². The van der Waals surface area contributed by atoms with Crippen molar-refractivity contribution in [1.82, 2.24) is 0 Å². The third-order valence-corrected chi connectivity index (χ3v) is 11.6. The van der Waals surface area contributed by atoms with Gasteiger partial charge in [-0.3, -0.25) is 6.08 Å². The first-order valence-electron chi connectivity index (χ1n) is 19.4. The van der Waals surface area contributed by atoms with E-state index in [1.807, 2.05) is 43.3 Å². The van der Waals surface area contributed by atoms with E-state index in [4.69, 9.17) is 0 Å². The molecule has 6 heteroatoms. The number of rotatable bonds is 4. The number of hydrogen-bond acceptors (Lipinski definition) is 0. The number of allylic oxidation sites excluding steroid dienone is 4. The molecule has 2 aliphatic carbocycles. The van der Waals surface area contributed by atoms with Crippen LogP contribution in [0, 0.1) is 19.1 Å². The third kappa shape index (κ3) is 11.8. The molecule has 0 heterocycles. The second kappa shape index (κ2) is 20.0. The van der Waals surface area contributed by atoms with Crippen LogP contribution in [0.25, 0.3) is 33.4 Å². The number of fused-ring (bicyclic) bond motifs is 3. The molecule has 0 N–H and O–H groups in total. The van der Waals surface area contributed by atoms with Crippen molar-refractivity contribution in [2.75, 3.05) is 0 Å². The van der Waals surface area contributed by atoms with E-state index in [2.05, 4.69) is 139 Å². The molecule has 0 radical (unpaired) electrons. The summed E-state index contributed by atoms with van der Waals surface area (Å²) < 4.78 is 39.0.